The Kier molecular flexibility index (Phi) is 5.86. The number of nitrogens with one attached hydrogen (secondary N) is 1. The smallest absolute Gasteiger partial charge is 0.416 e. The molecule has 9 heteroatoms. The van der Waals surface area contributed by atoms with Crippen LogP contribution in [0.1, 0.15) is 18.4 Å². The first-order valence-electron chi connectivity index (χ1n) is 5.95. The van der Waals surface area contributed by atoms with E-state index in [1.807, 2.05) is 0 Å². The normalized spacial score (nSPS) is 10.7. The van der Waals surface area contributed by atoms with Crippen LogP contribution in [0, 0.1) is 0 Å². The first-order valence-corrected chi connectivity index (χ1v) is 5.95. The highest BCUT2D eigenvalue weighted by atomic mass is 19.4. The topological polar surface area (TPSA) is 87.1 Å². The largest absolute Gasteiger partial charge is 0.469 e. The number of carbonyl (C=O) groups is 1. The number of carbonyl (C=O) groups excluding carboxylic acids is 1. The van der Waals surface area contributed by atoms with Crippen molar-refractivity contribution in [3.8, 4) is 0 Å². The van der Waals surface area contributed by atoms with E-state index in [0.29, 0.717) is 13.0 Å². The van der Waals surface area contributed by atoms with Gasteiger partial charge < -0.3 is 10.1 Å². The van der Waals surface area contributed by atoms with Crippen molar-refractivity contribution in [2.45, 2.75) is 19.0 Å². The quantitative estimate of drug-likeness (QED) is 0.283. The van der Waals surface area contributed by atoms with Gasteiger partial charge in [0.15, 0.2) is 0 Å². The SMILES string of the molecule is COC(=O)CCCNc1ccc(C(F)(F)F)cc1N=[N+]=[N-]. The highest BCUT2D eigenvalue weighted by Crippen LogP contribution is 2.35. The maximum absolute atomic E-state index is 12.6. The van der Waals surface area contributed by atoms with Crippen LogP contribution in [-0.4, -0.2) is 19.6 Å². The molecule has 0 unspecified atom stereocenters. The van der Waals surface area contributed by atoms with Crippen LogP contribution < -0.4 is 5.32 Å². The number of esters is 1. The number of azide groups is 1. The van der Waals surface area contributed by atoms with Crippen LogP contribution in [0.5, 0.6) is 0 Å². The highest BCUT2D eigenvalue weighted by Gasteiger charge is 2.30. The number of anilines is 1. The molecular weight excluding hydrogens is 289 g/mol. The van der Waals surface area contributed by atoms with Crippen molar-refractivity contribution in [1.82, 2.24) is 0 Å². The van der Waals surface area contributed by atoms with Crippen LogP contribution in [0.15, 0.2) is 23.3 Å². The van der Waals surface area contributed by atoms with E-state index in [0.717, 1.165) is 12.1 Å². The molecule has 1 aromatic rings. The van der Waals surface area contributed by atoms with Gasteiger partial charge in [0.25, 0.3) is 0 Å². The van der Waals surface area contributed by atoms with E-state index in [-0.39, 0.29) is 23.8 Å². The monoisotopic (exact) mass is 302 g/mol. The lowest BCUT2D eigenvalue weighted by atomic mass is 10.1. The number of rotatable bonds is 6. The van der Waals surface area contributed by atoms with Gasteiger partial charge in [0.05, 0.1) is 18.4 Å². The zero-order chi connectivity index (χ0) is 15.9. The molecule has 21 heavy (non-hydrogen) atoms. The minimum atomic E-state index is -4.51. The summed E-state index contributed by atoms with van der Waals surface area (Å²) in [4.78, 5) is 13.4. The molecule has 114 valence electrons. The van der Waals surface area contributed by atoms with Gasteiger partial charge in [0, 0.05) is 23.6 Å². The van der Waals surface area contributed by atoms with E-state index in [4.69, 9.17) is 5.53 Å². The van der Waals surface area contributed by atoms with Crippen LogP contribution >= 0.6 is 0 Å². The van der Waals surface area contributed by atoms with Crippen LogP contribution in [-0.2, 0) is 15.7 Å². The lowest BCUT2D eigenvalue weighted by Crippen LogP contribution is -2.08. The van der Waals surface area contributed by atoms with Gasteiger partial charge >= 0.3 is 12.1 Å². The molecule has 0 spiro atoms. The maximum atomic E-state index is 12.6. The highest BCUT2D eigenvalue weighted by molar-refractivity contribution is 5.69. The van der Waals surface area contributed by atoms with Crippen molar-refractivity contribution in [3.05, 3.63) is 34.2 Å². The Balaban J connectivity index is 2.78. The molecule has 0 aromatic heterocycles. The van der Waals surface area contributed by atoms with Gasteiger partial charge in [-0.2, -0.15) is 13.2 Å². The second-order valence-corrected chi connectivity index (χ2v) is 4.03. The number of alkyl halides is 3. The van der Waals surface area contributed by atoms with Crippen molar-refractivity contribution in [2.75, 3.05) is 19.0 Å². The molecule has 0 saturated carbocycles. The van der Waals surface area contributed by atoms with Gasteiger partial charge in [-0.05, 0) is 30.2 Å². The Morgan fingerprint density at radius 1 is 1.48 bits per heavy atom. The van der Waals surface area contributed by atoms with E-state index in [1.165, 1.54) is 13.2 Å². The molecule has 1 N–H and O–H groups in total. The first-order chi connectivity index (χ1) is 9.88. The molecule has 6 nitrogen and oxygen atoms in total. The Morgan fingerprint density at radius 3 is 2.76 bits per heavy atom. The van der Waals surface area contributed by atoms with E-state index in [9.17, 15) is 18.0 Å². The number of nitrogens with zero attached hydrogens (tertiary/aromatic N) is 3. The summed E-state index contributed by atoms with van der Waals surface area (Å²) in [5.74, 6) is -0.375. The third kappa shape index (κ3) is 5.23. The van der Waals surface area contributed by atoms with Crippen molar-refractivity contribution in [2.24, 2.45) is 5.11 Å². The van der Waals surface area contributed by atoms with Crippen LogP contribution in [0.2, 0.25) is 0 Å². The van der Waals surface area contributed by atoms with Crippen LogP contribution in [0.25, 0.3) is 10.4 Å². The summed E-state index contributed by atoms with van der Waals surface area (Å²) >= 11 is 0. The summed E-state index contributed by atoms with van der Waals surface area (Å²) in [5.41, 5.74) is 7.63. The molecule has 0 amide bonds. The van der Waals surface area contributed by atoms with Crippen LogP contribution in [0.3, 0.4) is 0 Å². The molecule has 0 saturated heterocycles. The molecule has 0 heterocycles. The van der Waals surface area contributed by atoms with Gasteiger partial charge in [0.1, 0.15) is 0 Å². The van der Waals surface area contributed by atoms with Crippen molar-refractivity contribution < 1.29 is 22.7 Å². The van der Waals surface area contributed by atoms with E-state index in [1.54, 1.807) is 0 Å². The summed E-state index contributed by atoms with van der Waals surface area (Å²) in [6, 6.07) is 2.84. The summed E-state index contributed by atoms with van der Waals surface area (Å²) < 4.78 is 42.2. The van der Waals surface area contributed by atoms with E-state index >= 15 is 0 Å². The fourth-order valence-corrected chi connectivity index (χ4v) is 1.55. The van der Waals surface area contributed by atoms with E-state index < -0.39 is 11.7 Å². The maximum Gasteiger partial charge on any atom is 0.416 e. The molecule has 1 aromatic carbocycles. The molecule has 0 aliphatic heterocycles. The average molecular weight is 302 g/mol. The number of hydrogen-bond donors (Lipinski definition) is 1. The second-order valence-electron chi connectivity index (χ2n) is 4.03. The van der Waals surface area contributed by atoms with Crippen molar-refractivity contribution >= 4 is 17.3 Å². The third-order valence-electron chi connectivity index (χ3n) is 2.58. The Morgan fingerprint density at radius 2 is 2.19 bits per heavy atom. The zero-order valence-corrected chi connectivity index (χ0v) is 11.1. The number of methoxy groups -OCH3 is 1. The first kappa shape index (κ1) is 16.6. The lowest BCUT2D eigenvalue weighted by Gasteiger charge is -2.12. The Labute approximate surface area is 118 Å². The predicted octanol–water partition coefficient (Wildman–Crippen LogP) is 4.01. The minimum absolute atomic E-state index is 0.148. The lowest BCUT2D eigenvalue weighted by molar-refractivity contribution is -0.140. The molecule has 0 fully saturated rings. The van der Waals surface area contributed by atoms with Gasteiger partial charge in [-0.25, -0.2) is 0 Å². The van der Waals surface area contributed by atoms with Gasteiger partial charge in [-0.15, -0.1) is 0 Å². The van der Waals surface area contributed by atoms with E-state index in [2.05, 4.69) is 20.1 Å². The van der Waals surface area contributed by atoms with Gasteiger partial charge in [-0.1, -0.05) is 5.11 Å². The Bertz CT molecular complexity index is 554. The summed E-state index contributed by atoms with van der Waals surface area (Å²) in [7, 11) is 1.27. The molecule has 0 radical (unpaired) electrons. The standard InChI is InChI=1S/C12H13F3N4O2/c1-21-11(20)3-2-6-17-9-5-4-8(12(13,14)15)7-10(9)18-19-16/h4-5,7,17H,2-3,6H2,1H3. The van der Waals surface area contributed by atoms with Crippen molar-refractivity contribution in [3.63, 3.8) is 0 Å². The number of benzene rings is 1. The zero-order valence-electron chi connectivity index (χ0n) is 11.1. The number of ether oxygens (including phenoxy) is 1. The van der Waals surface area contributed by atoms with Crippen LogP contribution in [0.4, 0.5) is 24.5 Å². The molecule has 0 aliphatic carbocycles. The average Bonchev–Trinajstić information content (AvgIpc) is 2.43. The second kappa shape index (κ2) is 7.39. The fourth-order valence-electron chi connectivity index (χ4n) is 1.55. The van der Waals surface area contributed by atoms with Crippen molar-refractivity contribution in [1.29, 1.82) is 0 Å². The molecule has 0 bridgehead atoms. The number of halogens is 3. The third-order valence-corrected chi connectivity index (χ3v) is 2.58. The Hall–Kier alpha value is -2.41. The summed E-state index contributed by atoms with van der Waals surface area (Å²) in [5, 5.41) is 6.05. The predicted molar refractivity (Wildman–Crippen MR) is 70.0 cm³/mol. The molecular formula is C12H13F3N4O2. The molecule has 0 aliphatic rings. The number of hydrogen-bond acceptors (Lipinski definition) is 4. The van der Waals surface area contributed by atoms with Gasteiger partial charge in [-0.3, -0.25) is 4.79 Å². The minimum Gasteiger partial charge on any atom is -0.469 e. The molecule has 1 rings (SSSR count). The summed E-state index contributed by atoms with van der Waals surface area (Å²) in [6.07, 6.45) is -3.90. The summed E-state index contributed by atoms with van der Waals surface area (Å²) in [6.45, 7) is 0.328. The molecule has 0 atom stereocenters. The van der Waals surface area contributed by atoms with Gasteiger partial charge in [0.2, 0.25) is 0 Å². The fraction of sp³-hybridized carbons (Fsp3) is 0.417.